The highest BCUT2D eigenvalue weighted by molar-refractivity contribution is 7.91. The van der Waals surface area contributed by atoms with Crippen molar-refractivity contribution in [3.63, 3.8) is 0 Å². The van der Waals surface area contributed by atoms with Crippen LogP contribution in [0.5, 0.6) is 11.5 Å². The molecule has 0 aliphatic heterocycles. The summed E-state index contributed by atoms with van der Waals surface area (Å²) in [6.07, 6.45) is 1.94. The Bertz CT molecular complexity index is 1370. The van der Waals surface area contributed by atoms with Crippen LogP contribution in [0, 0.1) is 6.92 Å². The summed E-state index contributed by atoms with van der Waals surface area (Å²) in [4.78, 5) is 13.1. The van der Waals surface area contributed by atoms with Crippen LogP contribution in [0.4, 0.5) is 0 Å². The standard InChI is InChI=1S/C29H26O4S/c1-3-4-22-7-17-27(18-8-22)34(31,32)28-19-15-26(16-20-28)33-25-13-11-24(12-14-25)29(30)23-9-5-21(2)6-10-23/h5-20H,3-4H2,1-2H3. The van der Waals surface area contributed by atoms with Crippen molar-refractivity contribution in [2.45, 2.75) is 36.5 Å². The van der Waals surface area contributed by atoms with E-state index in [9.17, 15) is 13.2 Å². The average Bonchev–Trinajstić information content (AvgIpc) is 2.85. The maximum Gasteiger partial charge on any atom is 0.206 e. The first-order chi connectivity index (χ1) is 16.4. The van der Waals surface area contributed by atoms with E-state index in [1.807, 2.05) is 43.3 Å². The van der Waals surface area contributed by atoms with Crippen molar-refractivity contribution in [3.05, 3.63) is 119 Å². The number of sulfone groups is 1. The molecule has 0 saturated heterocycles. The molecule has 0 aliphatic rings. The highest BCUT2D eigenvalue weighted by Crippen LogP contribution is 2.27. The fourth-order valence-corrected chi connectivity index (χ4v) is 4.89. The molecule has 0 saturated carbocycles. The van der Waals surface area contributed by atoms with Gasteiger partial charge in [0.05, 0.1) is 9.79 Å². The molecular weight excluding hydrogens is 444 g/mol. The van der Waals surface area contributed by atoms with Crippen LogP contribution in [0.3, 0.4) is 0 Å². The maximum absolute atomic E-state index is 12.9. The smallest absolute Gasteiger partial charge is 0.206 e. The maximum atomic E-state index is 12.9. The fourth-order valence-electron chi connectivity index (χ4n) is 3.63. The number of aryl methyl sites for hydroxylation is 2. The van der Waals surface area contributed by atoms with Gasteiger partial charge in [-0.2, -0.15) is 0 Å². The summed E-state index contributed by atoms with van der Waals surface area (Å²) in [6, 6.07) is 27.7. The normalized spacial score (nSPS) is 11.2. The van der Waals surface area contributed by atoms with Crippen LogP contribution in [0.15, 0.2) is 107 Å². The Balaban J connectivity index is 1.45. The number of hydrogen-bond acceptors (Lipinski definition) is 4. The zero-order valence-electron chi connectivity index (χ0n) is 19.2. The van der Waals surface area contributed by atoms with Crippen molar-refractivity contribution in [2.75, 3.05) is 0 Å². The highest BCUT2D eigenvalue weighted by Gasteiger charge is 2.17. The lowest BCUT2D eigenvalue weighted by molar-refractivity contribution is 0.103. The van der Waals surface area contributed by atoms with Crippen molar-refractivity contribution in [3.8, 4) is 11.5 Å². The van der Waals surface area contributed by atoms with Gasteiger partial charge in [-0.1, -0.05) is 55.3 Å². The monoisotopic (exact) mass is 470 g/mol. The second-order valence-corrected chi connectivity index (χ2v) is 10.1. The third-order valence-electron chi connectivity index (χ3n) is 5.57. The SMILES string of the molecule is CCCc1ccc(S(=O)(=O)c2ccc(Oc3ccc(C(=O)c4ccc(C)cc4)cc3)cc2)cc1. The molecule has 34 heavy (non-hydrogen) atoms. The van der Waals surface area contributed by atoms with Gasteiger partial charge in [0.1, 0.15) is 11.5 Å². The Morgan fingerprint density at radius 3 is 1.62 bits per heavy atom. The summed E-state index contributed by atoms with van der Waals surface area (Å²) in [6.45, 7) is 4.07. The molecule has 0 aromatic heterocycles. The summed E-state index contributed by atoms with van der Waals surface area (Å²) in [5.41, 5.74) is 3.43. The Morgan fingerprint density at radius 1 is 0.676 bits per heavy atom. The van der Waals surface area contributed by atoms with E-state index in [1.165, 1.54) is 0 Å². The van der Waals surface area contributed by atoms with E-state index < -0.39 is 9.84 Å². The third-order valence-corrected chi connectivity index (χ3v) is 7.36. The number of ether oxygens (including phenoxy) is 1. The van der Waals surface area contributed by atoms with Crippen LogP contribution in [-0.4, -0.2) is 14.2 Å². The summed E-state index contributed by atoms with van der Waals surface area (Å²) in [5.74, 6) is 1.02. The van der Waals surface area contributed by atoms with Crippen molar-refractivity contribution < 1.29 is 17.9 Å². The second-order valence-electron chi connectivity index (χ2n) is 8.19. The van der Waals surface area contributed by atoms with Gasteiger partial charge in [0.15, 0.2) is 5.78 Å². The zero-order chi connectivity index (χ0) is 24.1. The van der Waals surface area contributed by atoms with Gasteiger partial charge in [0.25, 0.3) is 0 Å². The minimum atomic E-state index is -3.60. The van der Waals surface area contributed by atoms with Gasteiger partial charge < -0.3 is 4.74 Å². The van der Waals surface area contributed by atoms with E-state index in [0.29, 0.717) is 22.6 Å². The molecule has 5 heteroatoms. The number of benzene rings is 4. The molecule has 0 atom stereocenters. The molecule has 0 fully saturated rings. The first kappa shape index (κ1) is 23.5. The molecule has 172 valence electrons. The number of rotatable bonds is 8. The molecule has 0 aliphatic carbocycles. The molecule has 0 bridgehead atoms. The van der Waals surface area contributed by atoms with Crippen LogP contribution in [0.25, 0.3) is 0 Å². The summed E-state index contributed by atoms with van der Waals surface area (Å²) in [7, 11) is -3.60. The predicted octanol–water partition coefficient (Wildman–Crippen LogP) is 6.80. The Kier molecular flexibility index (Phi) is 6.94. The molecule has 0 heterocycles. The van der Waals surface area contributed by atoms with Gasteiger partial charge in [0.2, 0.25) is 9.84 Å². The first-order valence-corrected chi connectivity index (χ1v) is 12.7. The molecule has 4 aromatic rings. The summed E-state index contributed by atoms with van der Waals surface area (Å²) in [5, 5.41) is 0. The lowest BCUT2D eigenvalue weighted by atomic mass is 10.0. The quantitative estimate of drug-likeness (QED) is 0.266. The fraction of sp³-hybridized carbons (Fsp3) is 0.138. The molecule has 0 spiro atoms. The van der Waals surface area contributed by atoms with Gasteiger partial charge in [-0.15, -0.1) is 0 Å². The summed E-state index contributed by atoms with van der Waals surface area (Å²) >= 11 is 0. The Morgan fingerprint density at radius 2 is 1.12 bits per heavy atom. The molecule has 0 N–H and O–H groups in total. The molecule has 4 rings (SSSR count). The van der Waals surface area contributed by atoms with Crippen molar-refractivity contribution in [1.29, 1.82) is 0 Å². The van der Waals surface area contributed by atoms with E-state index in [0.717, 1.165) is 24.0 Å². The van der Waals surface area contributed by atoms with Gasteiger partial charge in [-0.05, 0) is 79.6 Å². The van der Waals surface area contributed by atoms with Crippen molar-refractivity contribution in [1.82, 2.24) is 0 Å². The van der Waals surface area contributed by atoms with E-state index >= 15 is 0 Å². The minimum absolute atomic E-state index is 0.0520. The second kappa shape index (κ2) is 10.1. The molecule has 0 radical (unpaired) electrons. The van der Waals surface area contributed by atoms with Crippen LogP contribution in [0.1, 0.15) is 40.4 Å². The van der Waals surface area contributed by atoms with Gasteiger partial charge in [-0.3, -0.25) is 4.79 Å². The Labute approximate surface area is 200 Å². The van der Waals surface area contributed by atoms with Crippen molar-refractivity contribution >= 4 is 15.6 Å². The molecule has 0 amide bonds. The minimum Gasteiger partial charge on any atom is -0.457 e. The third kappa shape index (κ3) is 5.26. The van der Waals surface area contributed by atoms with Gasteiger partial charge >= 0.3 is 0 Å². The summed E-state index contributed by atoms with van der Waals surface area (Å²) < 4.78 is 31.7. The number of carbonyl (C=O) groups is 1. The van der Waals surface area contributed by atoms with Crippen LogP contribution < -0.4 is 4.74 Å². The highest BCUT2D eigenvalue weighted by atomic mass is 32.2. The lowest BCUT2D eigenvalue weighted by Gasteiger charge is -2.09. The zero-order valence-corrected chi connectivity index (χ0v) is 20.0. The Hall–Kier alpha value is -3.70. The van der Waals surface area contributed by atoms with Gasteiger partial charge in [-0.25, -0.2) is 8.42 Å². The number of carbonyl (C=O) groups excluding carboxylic acids is 1. The van der Waals surface area contributed by atoms with Crippen LogP contribution in [-0.2, 0) is 16.3 Å². The van der Waals surface area contributed by atoms with Crippen LogP contribution >= 0.6 is 0 Å². The van der Waals surface area contributed by atoms with E-state index in [-0.39, 0.29) is 15.6 Å². The van der Waals surface area contributed by atoms with E-state index in [1.54, 1.807) is 60.7 Å². The first-order valence-electron chi connectivity index (χ1n) is 11.2. The average molecular weight is 471 g/mol. The van der Waals surface area contributed by atoms with Crippen LogP contribution in [0.2, 0.25) is 0 Å². The topological polar surface area (TPSA) is 60.4 Å². The molecule has 4 nitrogen and oxygen atoms in total. The van der Waals surface area contributed by atoms with E-state index in [4.69, 9.17) is 4.74 Å². The number of ketones is 1. The predicted molar refractivity (Wildman–Crippen MR) is 133 cm³/mol. The number of hydrogen-bond donors (Lipinski definition) is 0. The largest absolute Gasteiger partial charge is 0.457 e. The molecule has 4 aromatic carbocycles. The molecule has 0 unspecified atom stereocenters. The van der Waals surface area contributed by atoms with Crippen molar-refractivity contribution in [2.24, 2.45) is 0 Å². The lowest BCUT2D eigenvalue weighted by Crippen LogP contribution is -2.02. The van der Waals surface area contributed by atoms with Gasteiger partial charge in [0, 0.05) is 11.1 Å². The molecular formula is C29H26O4S. The van der Waals surface area contributed by atoms with E-state index in [2.05, 4.69) is 6.92 Å².